The molecule has 8 nitrogen and oxygen atoms in total. The van der Waals surface area contributed by atoms with Gasteiger partial charge in [0.15, 0.2) is 5.76 Å². The number of furan rings is 1. The van der Waals surface area contributed by atoms with Crippen LogP contribution >= 0.6 is 0 Å². The van der Waals surface area contributed by atoms with Crippen LogP contribution in [0.4, 0.5) is 5.88 Å². The number of nitrogens with zero attached hydrogens (tertiary/aromatic N) is 2. The SMILES string of the molecule is Cc1ccc(OC2CCC(NC(=O)c3ccc([N+](=O)[O-])o3)CC2)nc1. The van der Waals surface area contributed by atoms with E-state index >= 15 is 0 Å². The summed E-state index contributed by atoms with van der Waals surface area (Å²) in [5.41, 5.74) is 1.08. The molecule has 0 saturated heterocycles. The van der Waals surface area contributed by atoms with Crippen molar-refractivity contribution in [1.29, 1.82) is 0 Å². The van der Waals surface area contributed by atoms with Crippen molar-refractivity contribution in [1.82, 2.24) is 10.3 Å². The normalized spacial score (nSPS) is 20.0. The number of carbonyl (C=O) groups is 1. The molecule has 0 unspecified atom stereocenters. The summed E-state index contributed by atoms with van der Waals surface area (Å²) in [7, 11) is 0. The van der Waals surface area contributed by atoms with Gasteiger partial charge in [-0.3, -0.25) is 14.9 Å². The van der Waals surface area contributed by atoms with Crippen molar-refractivity contribution in [2.24, 2.45) is 0 Å². The predicted octanol–water partition coefficient (Wildman–Crippen LogP) is 3.01. The van der Waals surface area contributed by atoms with Crippen LogP contribution in [0.15, 0.2) is 34.9 Å². The van der Waals surface area contributed by atoms with Gasteiger partial charge in [0.1, 0.15) is 11.0 Å². The molecule has 1 amide bonds. The number of ether oxygens (including phenoxy) is 1. The van der Waals surface area contributed by atoms with Crippen LogP contribution in [0, 0.1) is 17.0 Å². The summed E-state index contributed by atoms with van der Waals surface area (Å²) in [6, 6.07) is 6.30. The zero-order valence-corrected chi connectivity index (χ0v) is 13.8. The van der Waals surface area contributed by atoms with Crippen LogP contribution in [0.3, 0.4) is 0 Å². The first-order valence-corrected chi connectivity index (χ1v) is 8.15. The first-order chi connectivity index (χ1) is 12.0. The van der Waals surface area contributed by atoms with Crippen LogP contribution in [0.1, 0.15) is 41.8 Å². The summed E-state index contributed by atoms with van der Waals surface area (Å²) in [5.74, 6) is -0.305. The number of rotatable bonds is 5. The third kappa shape index (κ3) is 4.34. The maximum absolute atomic E-state index is 12.1. The van der Waals surface area contributed by atoms with Gasteiger partial charge in [-0.05, 0) is 44.2 Å². The Morgan fingerprint density at radius 2 is 2.04 bits per heavy atom. The van der Waals surface area contributed by atoms with Crippen molar-refractivity contribution >= 4 is 11.8 Å². The number of aromatic nitrogens is 1. The molecule has 1 aliphatic rings. The van der Waals surface area contributed by atoms with E-state index in [4.69, 9.17) is 9.15 Å². The highest BCUT2D eigenvalue weighted by atomic mass is 16.6. The number of hydrogen-bond acceptors (Lipinski definition) is 6. The van der Waals surface area contributed by atoms with Crippen LogP contribution in [-0.4, -0.2) is 28.0 Å². The second-order valence-electron chi connectivity index (χ2n) is 6.13. The second kappa shape index (κ2) is 7.33. The molecule has 0 aromatic carbocycles. The van der Waals surface area contributed by atoms with Crippen molar-refractivity contribution in [3.05, 3.63) is 51.9 Å². The molecule has 1 fully saturated rings. The summed E-state index contributed by atoms with van der Waals surface area (Å²) in [4.78, 5) is 26.2. The fourth-order valence-corrected chi connectivity index (χ4v) is 2.82. The fraction of sp³-hybridized carbons (Fsp3) is 0.412. The van der Waals surface area contributed by atoms with E-state index in [1.807, 2.05) is 19.1 Å². The first-order valence-electron chi connectivity index (χ1n) is 8.15. The van der Waals surface area contributed by atoms with Crippen molar-refractivity contribution in [2.45, 2.75) is 44.8 Å². The quantitative estimate of drug-likeness (QED) is 0.659. The zero-order valence-electron chi connectivity index (χ0n) is 13.8. The van der Waals surface area contributed by atoms with Gasteiger partial charge < -0.3 is 14.5 Å². The number of carbonyl (C=O) groups excluding carboxylic acids is 1. The summed E-state index contributed by atoms with van der Waals surface area (Å²) >= 11 is 0. The standard InChI is InChI=1S/C17H19N3O5/c1-11-2-8-15(18-10-11)24-13-5-3-12(4-6-13)19-17(21)14-7-9-16(25-14)20(22)23/h2,7-10,12-13H,3-6H2,1H3,(H,19,21). The molecular weight excluding hydrogens is 326 g/mol. The third-order valence-electron chi connectivity index (χ3n) is 4.18. The van der Waals surface area contributed by atoms with Crippen LogP contribution in [0.2, 0.25) is 0 Å². The minimum atomic E-state index is -0.668. The molecule has 2 heterocycles. The minimum Gasteiger partial charge on any atom is -0.474 e. The van der Waals surface area contributed by atoms with E-state index in [-0.39, 0.29) is 17.9 Å². The lowest BCUT2D eigenvalue weighted by Crippen LogP contribution is -2.39. The van der Waals surface area contributed by atoms with E-state index in [0.29, 0.717) is 5.88 Å². The van der Waals surface area contributed by atoms with Gasteiger partial charge in [-0.1, -0.05) is 6.07 Å². The molecule has 2 aromatic heterocycles. The van der Waals surface area contributed by atoms with Gasteiger partial charge in [0, 0.05) is 18.3 Å². The van der Waals surface area contributed by atoms with Gasteiger partial charge in [-0.2, -0.15) is 0 Å². The Bertz CT molecular complexity index is 748. The monoisotopic (exact) mass is 345 g/mol. The summed E-state index contributed by atoms with van der Waals surface area (Å²) < 4.78 is 10.8. The number of nitrogens with one attached hydrogen (secondary N) is 1. The van der Waals surface area contributed by atoms with E-state index in [1.54, 1.807) is 6.20 Å². The van der Waals surface area contributed by atoms with Crippen LogP contribution in [0.25, 0.3) is 0 Å². The van der Waals surface area contributed by atoms with Crippen molar-refractivity contribution in [3.63, 3.8) is 0 Å². The fourth-order valence-electron chi connectivity index (χ4n) is 2.82. The highest BCUT2D eigenvalue weighted by Gasteiger charge is 2.25. The maximum Gasteiger partial charge on any atom is 0.433 e. The number of nitro groups is 1. The third-order valence-corrected chi connectivity index (χ3v) is 4.18. The largest absolute Gasteiger partial charge is 0.474 e. The lowest BCUT2D eigenvalue weighted by atomic mass is 9.93. The molecule has 2 aromatic rings. The van der Waals surface area contributed by atoms with E-state index in [1.165, 1.54) is 12.1 Å². The zero-order chi connectivity index (χ0) is 17.8. The Kier molecular flexibility index (Phi) is 4.97. The Balaban J connectivity index is 1.47. The molecule has 3 rings (SSSR count). The number of amides is 1. The average molecular weight is 345 g/mol. The average Bonchev–Trinajstić information content (AvgIpc) is 3.09. The molecule has 1 N–H and O–H groups in total. The lowest BCUT2D eigenvalue weighted by molar-refractivity contribution is -0.402. The maximum atomic E-state index is 12.1. The summed E-state index contributed by atoms with van der Waals surface area (Å²) in [5, 5.41) is 13.4. The Labute approximate surface area is 144 Å². The molecule has 0 atom stereocenters. The van der Waals surface area contributed by atoms with Crippen LogP contribution in [0.5, 0.6) is 5.88 Å². The van der Waals surface area contributed by atoms with Crippen molar-refractivity contribution in [2.75, 3.05) is 0 Å². The van der Waals surface area contributed by atoms with E-state index in [0.717, 1.165) is 31.2 Å². The molecule has 0 bridgehead atoms. The molecular formula is C17H19N3O5. The molecule has 132 valence electrons. The number of hydrogen-bond donors (Lipinski definition) is 1. The molecule has 8 heteroatoms. The van der Waals surface area contributed by atoms with Crippen LogP contribution < -0.4 is 10.1 Å². The predicted molar refractivity (Wildman–Crippen MR) is 88.5 cm³/mol. The van der Waals surface area contributed by atoms with Crippen molar-refractivity contribution in [3.8, 4) is 5.88 Å². The van der Waals surface area contributed by atoms with Gasteiger partial charge in [0.05, 0.1) is 6.07 Å². The van der Waals surface area contributed by atoms with Gasteiger partial charge >= 0.3 is 5.88 Å². The van der Waals surface area contributed by atoms with Crippen LogP contribution in [-0.2, 0) is 0 Å². The Morgan fingerprint density at radius 1 is 1.28 bits per heavy atom. The first kappa shape index (κ1) is 16.9. The molecule has 1 aliphatic carbocycles. The molecule has 25 heavy (non-hydrogen) atoms. The summed E-state index contributed by atoms with van der Waals surface area (Å²) in [6.07, 6.45) is 4.99. The number of pyridine rings is 1. The Hall–Kier alpha value is -2.90. The topological polar surface area (TPSA) is 108 Å². The smallest absolute Gasteiger partial charge is 0.433 e. The molecule has 1 saturated carbocycles. The van der Waals surface area contributed by atoms with Gasteiger partial charge in [-0.15, -0.1) is 0 Å². The number of aryl methyl sites for hydroxylation is 1. The Morgan fingerprint density at radius 3 is 2.64 bits per heavy atom. The summed E-state index contributed by atoms with van der Waals surface area (Å²) in [6.45, 7) is 1.97. The highest BCUT2D eigenvalue weighted by Crippen LogP contribution is 2.24. The van der Waals surface area contributed by atoms with Gasteiger partial charge in [0.2, 0.25) is 5.88 Å². The minimum absolute atomic E-state index is 0.00230. The van der Waals surface area contributed by atoms with Crippen molar-refractivity contribution < 1.29 is 18.9 Å². The highest BCUT2D eigenvalue weighted by molar-refractivity contribution is 5.91. The van der Waals surface area contributed by atoms with E-state index in [2.05, 4.69) is 10.3 Å². The molecule has 0 aliphatic heterocycles. The molecule has 0 radical (unpaired) electrons. The van der Waals surface area contributed by atoms with Gasteiger partial charge in [0.25, 0.3) is 5.91 Å². The molecule has 0 spiro atoms. The second-order valence-corrected chi connectivity index (χ2v) is 6.13. The lowest BCUT2D eigenvalue weighted by Gasteiger charge is -2.28. The van der Waals surface area contributed by atoms with E-state index in [9.17, 15) is 14.9 Å². The van der Waals surface area contributed by atoms with Gasteiger partial charge in [-0.25, -0.2) is 4.98 Å². The van der Waals surface area contributed by atoms with E-state index < -0.39 is 16.7 Å².